The largest absolute Gasteiger partial charge is 0.508 e. The number of hydrogen-bond donors (Lipinski definition) is 4. The van der Waals surface area contributed by atoms with Crippen LogP contribution in [-0.2, 0) is 22.4 Å². The number of phenolic OH excluding ortho intramolecular Hbond substituents is 1. The van der Waals surface area contributed by atoms with E-state index >= 15 is 0 Å². The number of nitrogens with one attached hydrogen (secondary N) is 2. The van der Waals surface area contributed by atoms with Crippen LogP contribution in [0.25, 0.3) is 0 Å². The van der Waals surface area contributed by atoms with Crippen molar-refractivity contribution in [3.05, 3.63) is 46.3 Å². The number of rotatable bonds is 6. The van der Waals surface area contributed by atoms with Crippen molar-refractivity contribution in [1.82, 2.24) is 15.3 Å². The van der Waals surface area contributed by atoms with Crippen LogP contribution in [0.3, 0.4) is 0 Å². The van der Waals surface area contributed by atoms with Gasteiger partial charge in [-0.25, -0.2) is 14.8 Å². The molecule has 1 heterocycles. The molecule has 5 N–H and O–H groups in total. The summed E-state index contributed by atoms with van der Waals surface area (Å²) in [6.45, 7) is 3.38. The molecule has 0 saturated carbocycles. The molecule has 0 radical (unpaired) electrons. The van der Waals surface area contributed by atoms with Crippen molar-refractivity contribution in [2.75, 3.05) is 19.0 Å². The average Bonchev–Trinajstić information content (AvgIpc) is 2.71. The smallest absolute Gasteiger partial charge is 0.329 e. The van der Waals surface area contributed by atoms with E-state index in [1.54, 1.807) is 19.9 Å². The maximum Gasteiger partial charge on any atom is 0.329 e. The molecule has 2 atom stereocenters. The van der Waals surface area contributed by atoms with Gasteiger partial charge in [0.25, 0.3) is 5.91 Å². The number of aromatic nitrogens is 2. The van der Waals surface area contributed by atoms with E-state index < -0.39 is 17.9 Å². The summed E-state index contributed by atoms with van der Waals surface area (Å²) in [5, 5.41) is 15.6. The van der Waals surface area contributed by atoms with Crippen LogP contribution in [0.1, 0.15) is 39.3 Å². The number of esters is 1. The van der Waals surface area contributed by atoms with Crippen molar-refractivity contribution in [3.8, 4) is 5.75 Å². The lowest BCUT2D eigenvalue weighted by molar-refractivity contribution is -0.142. The SMILES string of the molecule is COC(=O)[C@H](CN)NC(=O)c1c(C)nc(NC2CCc3cc(O)ccc3C2)nc1C.Cl. The van der Waals surface area contributed by atoms with Gasteiger partial charge >= 0.3 is 5.97 Å². The molecule has 1 aliphatic rings. The van der Waals surface area contributed by atoms with Crippen molar-refractivity contribution >= 4 is 30.2 Å². The Bertz CT molecular complexity index is 946. The summed E-state index contributed by atoms with van der Waals surface area (Å²) in [6, 6.07) is 4.68. The minimum absolute atomic E-state index is 0. The number of halogens is 1. The topological polar surface area (TPSA) is 139 Å². The summed E-state index contributed by atoms with van der Waals surface area (Å²) < 4.78 is 4.65. The second kappa shape index (κ2) is 10.4. The number of amides is 1. The lowest BCUT2D eigenvalue weighted by Crippen LogP contribution is -2.46. The van der Waals surface area contributed by atoms with Gasteiger partial charge in [-0.1, -0.05) is 6.07 Å². The predicted octanol–water partition coefficient (Wildman–Crippen LogP) is 1.42. The van der Waals surface area contributed by atoms with Gasteiger partial charge in [-0.05, 0) is 56.4 Å². The van der Waals surface area contributed by atoms with Crippen LogP contribution in [0.2, 0.25) is 0 Å². The maximum absolute atomic E-state index is 12.6. The molecule has 1 aromatic heterocycles. The zero-order valence-electron chi connectivity index (χ0n) is 17.8. The van der Waals surface area contributed by atoms with Crippen LogP contribution < -0.4 is 16.4 Å². The predicted molar refractivity (Wildman–Crippen MR) is 119 cm³/mol. The molecular formula is C21H28ClN5O4. The Morgan fingerprint density at radius 1 is 1.26 bits per heavy atom. The number of anilines is 1. The molecule has 0 saturated heterocycles. The molecule has 0 spiro atoms. The van der Waals surface area contributed by atoms with Crippen LogP contribution in [0.5, 0.6) is 5.75 Å². The maximum atomic E-state index is 12.6. The van der Waals surface area contributed by atoms with Gasteiger partial charge in [0.1, 0.15) is 11.8 Å². The van der Waals surface area contributed by atoms with E-state index in [0.717, 1.165) is 24.8 Å². The fourth-order valence-electron chi connectivity index (χ4n) is 3.74. The van der Waals surface area contributed by atoms with Gasteiger partial charge in [-0.2, -0.15) is 0 Å². The van der Waals surface area contributed by atoms with E-state index in [1.165, 1.54) is 12.7 Å². The molecule has 1 unspecified atom stereocenters. The second-order valence-electron chi connectivity index (χ2n) is 7.42. The van der Waals surface area contributed by atoms with Crippen LogP contribution >= 0.6 is 12.4 Å². The monoisotopic (exact) mass is 449 g/mol. The van der Waals surface area contributed by atoms with Crippen LogP contribution in [-0.4, -0.2) is 52.7 Å². The van der Waals surface area contributed by atoms with Crippen molar-refractivity contribution in [2.24, 2.45) is 5.73 Å². The Morgan fingerprint density at radius 3 is 2.55 bits per heavy atom. The molecule has 2 aromatic rings. The molecule has 1 aliphatic carbocycles. The van der Waals surface area contributed by atoms with Gasteiger partial charge in [-0.3, -0.25) is 4.79 Å². The second-order valence-corrected chi connectivity index (χ2v) is 7.42. The minimum Gasteiger partial charge on any atom is -0.508 e. The molecule has 3 rings (SSSR count). The Morgan fingerprint density at radius 2 is 1.94 bits per heavy atom. The lowest BCUT2D eigenvalue weighted by Gasteiger charge is -2.26. The highest BCUT2D eigenvalue weighted by atomic mass is 35.5. The van der Waals surface area contributed by atoms with E-state index in [-0.39, 0.29) is 30.7 Å². The van der Waals surface area contributed by atoms with Crippen molar-refractivity contribution in [3.63, 3.8) is 0 Å². The highest BCUT2D eigenvalue weighted by Crippen LogP contribution is 2.26. The van der Waals surface area contributed by atoms with Gasteiger partial charge in [-0.15, -0.1) is 12.4 Å². The number of aromatic hydroxyl groups is 1. The fraction of sp³-hybridized carbons (Fsp3) is 0.429. The van der Waals surface area contributed by atoms with Crippen molar-refractivity contribution in [1.29, 1.82) is 0 Å². The zero-order chi connectivity index (χ0) is 21.8. The van der Waals surface area contributed by atoms with E-state index in [9.17, 15) is 14.7 Å². The fourth-order valence-corrected chi connectivity index (χ4v) is 3.74. The van der Waals surface area contributed by atoms with Crippen molar-refractivity contribution < 1.29 is 19.4 Å². The summed E-state index contributed by atoms with van der Waals surface area (Å²) in [6.07, 6.45) is 2.54. The Labute approximate surface area is 187 Å². The number of ether oxygens (including phenoxy) is 1. The molecule has 10 heteroatoms. The quantitative estimate of drug-likeness (QED) is 0.485. The number of benzene rings is 1. The summed E-state index contributed by atoms with van der Waals surface area (Å²) >= 11 is 0. The van der Waals surface area contributed by atoms with E-state index in [4.69, 9.17) is 5.73 Å². The van der Waals surface area contributed by atoms with E-state index in [2.05, 4.69) is 25.3 Å². The number of phenols is 1. The number of carbonyl (C=O) groups excluding carboxylic acids is 2. The summed E-state index contributed by atoms with van der Waals surface area (Å²) in [7, 11) is 1.24. The average molecular weight is 450 g/mol. The third-order valence-electron chi connectivity index (χ3n) is 5.28. The zero-order valence-corrected chi connectivity index (χ0v) is 18.6. The number of nitrogens with zero attached hydrogens (tertiary/aromatic N) is 2. The van der Waals surface area contributed by atoms with Gasteiger partial charge in [0.15, 0.2) is 0 Å². The first-order valence-corrected chi connectivity index (χ1v) is 9.83. The van der Waals surface area contributed by atoms with Crippen LogP contribution in [0.15, 0.2) is 18.2 Å². The number of carbonyl (C=O) groups is 2. The lowest BCUT2D eigenvalue weighted by atomic mass is 9.88. The van der Waals surface area contributed by atoms with Crippen LogP contribution in [0.4, 0.5) is 5.95 Å². The molecule has 0 aliphatic heterocycles. The molecule has 31 heavy (non-hydrogen) atoms. The van der Waals surface area contributed by atoms with Crippen LogP contribution in [0, 0.1) is 13.8 Å². The normalized spacial score (nSPS) is 15.8. The van der Waals surface area contributed by atoms with Gasteiger partial charge in [0.05, 0.1) is 24.1 Å². The van der Waals surface area contributed by atoms with Gasteiger partial charge < -0.3 is 26.2 Å². The van der Waals surface area contributed by atoms with Gasteiger partial charge in [0, 0.05) is 12.6 Å². The standard InChI is InChI=1S/C21H27N5O4.ClH/c1-11-18(19(28)26-17(10-22)20(29)30-3)12(2)24-21(23-11)25-15-6-4-14-9-16(27)7-5-13(14)8-15;/h5,7,9,15,17,27H,4,6,8,10,22H2,1-3H3,(H,26,28)(H,23,24,25);1H/t15?,17-;/m0./s1. The molecule has 9 nitrogen and oxygen atoms in total. The first-order valence-electron chi connectivity index (χ1n) is 9.83. The number of fused-ring (bicyclic) bond motifs is 1. The molecule has 168 valence electrons. The third kappa shape index (κ3) is 5.62. The molecule has 0 fully saturated rings. The highest BCUT2D eigenvalue weighted by Gasteiger charge is 2.25. The highest BCUT2D eigenvalue weighted by molar-refractivity contribution is 5.98. The summed E-state index contributed by atoms with van der Waals surface area (Å²) in [5.41, 5.74) is 9.22. The van der Waals surface area contributed by atoms with E-state index in [1.807, 2.05) is 12.1 Å². The van der Waals surface area contributed by atoms with Gasteiger partial charge in [0.2, 0.25) is 5.95 Å². The third-order valence-corrected chi connectivity index (χ3v) is 5.28. The Balaban J connectivity index is 0.00000341. The molecule has 0 bridgehead atoms. The van der Waals surface area contributed by atoms with Crippen molar-refractivity contribution in [2.45, 2.75) is 45.2 Å². The minimum atomic E-state index is -0.930. The molecule has 1 amide bonds. The first kappa shape index (κ1) is 24.4. The number of nitrogens with two attached hydrogens (primary N) is 1. The molecule has 1 aromatic carbocycles. The summed E-state index contributed by atoms with van der Waals surface area (Å²) in [4.78, 5) is 33.2. The molecular weight excluding hydrogens is 422 g/mol. The Hall–Kier alpha value is -2.91. The Kier molecular flexibility index (Phi) is 8.18. The number of hydrogen-bond acceptors (Lipinski definition) is 8. The number of methoxy groups -OCH3 is 1. The first-order chi connectivity index (χ1) is 14.3. The van der Waals surface area contributed by atoms with E-state index in [0.29, 0.717) is 22.9 Å². The summed E-state index contributed by atoms with van der Waals surface area (Å²) in [5.74, 6) is -0.333. The number of aryl methyl sites for hydroxylation is 3.